The monoisotopic (exact) mass is 366 g/mol. The average molecular weight is 366 g/mol. The molecule has 2 N–H and O–H groups in total. The number of carbonyl (C=O) groups is 1. The summed E-state index contributed by atoms with van der Waals surface area (Å²) in [5.74, 6) is 0.159. The number of morpholine rings is 1. The van der Waals surface area contributed by atoms with E-state index in [9.17, 15) is 9.90 Å². The highest BCUT2D eigenvalue weighted by atomic mass is 16.5. The average Bonchev–Trinajstić information content (AvgIpc) is 3.09. The topological polar surface area (TPSA) is 84.2 Å². The van der Waals surface area contributed by atoms with Crippen LogP contribution >= 0.6 is 0 Å². The summed E-state index contributed by atoms with van der Waals surface area (Å²) in [6, 6.07) is 1.63. The van der Waals surface area contributed by atoms with Gasteiger partial charge in [0.15, 0.2) is 0 Å². The third kappa shape index (κ3) is 4.65. The Balaban J connectivity index is 1.48. The molecular weight excluding hydrogens is 336 g/mol. The van der Waals surface area contributed by atoms with Crippen LogP contribution in [-0.4, -0.2) is 67.5 Å². The number of hydrogen-bond acceptors (Lipinski definition) is 6. The van der Waals surface area contributed by atoms with E-state index in [1.165, 1.54) is 6.26 Å². The first kappa shape index (κ1) is 19.4. The Hall–Kier alpha value is -1.41. The maximum atomic E-state index is 12.5. The molecule has 0 radical (unpaired) electrons. The summed E-state index contributed by atoms with van der Waals surface area (Å²) in [4.78, 5) is 14.9. The SMILES string of the molecule is C[C@@H]1CN(CCCNC(=O)c2ccoc2C2(O)CCOCC2)C[C@@H](C)O1. The Morgan fingerprint density at radius 1 is 1.31 bits per heavy atom. The normalized spacial score (nSPS) is 26.6. The number of carbonyl (C=O) groups excluding carboxylic acids is 1. The number of nitrogens with one attached hydrogen (secondary N) is 1. The van der Waals surface area contributed by atoms with Crippen LogP contribution in [0.15, 0.2) is 16.7 Å². The van der Waals surface area contributed by atoms with E-state index < -0.39 is 5.60 Å². The van der Waals surface area contributed by atoms with Crippen LogP contribution in [0, 0.1) is 0 Å². The molecular formula is C19H30N2O5. The summed E-state index contributed by atoms with van der Waals surface area (Å²) in [6.45, 7) is 8.49. The number of hydrogen-bond donors (Lipinski definition) is 2. The van der Waals surface area contributed by atoms with Gasteiger partial charge in [-0.25, -0.2) is 0 Å². The van der Waals surface area contributed by atoms with Crippen molar-refractivity contribution < 1.29 is 23.8 Å². The molecule has 2 saturated heterocycles. The van der Waals surface area contributed by atoms with Crippen LogP contribution in [0.1, 0.15) is 49.2 Å². The third-order valence-electron chi connectivity index (χ3n) is 5.08. The molecule has 2 aliphatic rings. The maximum Gasteiger partial charge on any atom is 0.254 e. The van der Waals surface area contributed by atoms with E-state index in [1.807, 2.05) is 0 Å². The summed E-state index contributed by atoms with van der Waals surface area (Å²) in [5, 5.41) is 13.7. The van der Waals surface area contributed by atoms with Crippen molar-refractivity contribution in [3.8, 4) is 0 Å². The van der Waals surface area contributed by atoms with E-state index in [0.29, 0.717) is 43.9 Å². The van der Waals surface area contributed by atoms with Crippen molar-refractivity contribution in [2.75, 3.05) is 39.4 Å². The minimum atomic E-state index is -1.12. The first-order chi connectivity index (χ1) is 12.5. The van der Waals surface area contributed by atoms with Crippen LogP contribution in [-0.2, 0) is 15.1 Å². The Morgan fingerprint density at radius 3 is 2.69 bits per heavy atom. The van der Waals surface area contributed by atoms with Gasteiger partial charge >= 0.3 is 0 Å². The molecule has 0 bridgehead atoms. The highest BCUT2D eigenvalue weighted by Crippen LogP contribution is 2.34. The van der Waals surface area contributed by atoms with Gasteiger partial charge in [0.25, 0.3) is 5.91 Å². The highest BCUT2D eigenvalue weighted by Gasteiger charge is 2.38. The standard InChI is InChI=1S/C19H30N2O5/c1-14-12-21(13-15(2)26-14)8-3-7-20-18(22)16-4-9-25-17(16)19(23)5-10-24-11-6-19/h4,9,14-15,23H,3,5-8,10-13H2,1-2H3,(H,20,22)/t14-,15-/m1/s1. The van der Waals surface area contributed by atoms with Gasteiger partial charge < -0.3 is 24.3 Å². The first-order valence-corrected chi connectivity index (χ1v) is 9.52. The molecule has 2 aliphatic heterocycles. The predicted octanol–water partition coefficient (Wildman–Crippen LogP) is 1.51. The lowest BCUT2D eigenvalue weighted by Gasteiger charge is -2.35. The van der Waals surface area contributed by atoms with E-state index in [4.69, 9.17) is 13.9 Å². The fourth-order valence-corrected chi connectivity index (χ4v) is 3.85. The zero-order chi connectivity index (χ0) is 18.6. The van der Waals surface area contributed by atoms with Gasteiger partial charge in [-0.15, -0.1) is 0 Å². The van der Waals surface area contributed by atoms with Crippen LogP contribution < -0.4 is 5.32 Å². The van der Waals surface area contributed by atoms with Crippen LogP contribution in [0.2, 0.25) is 0 Å². The summed E-state index contributed by atoms with van der Waals surface area (Å²) in [5.41, 5.74) is -0.697. The van der Waals surface area contributed by atoms with Gasteiger partial charge in [0.1, 0.15) is 11.4 Å². The summed E-state index contributed by atoms with van der Waals surface area (Å²) < 4.78 is 16.5. The molecule has 0 aliphatic carbocycles. The molecule has 1 amide bonds. The molecule has 0 spiro atoms. The van der Waals surface area contributed by atoms with Crippen molar-refractivity contribution in [2.24, 2.45) is 0 Å². The second kappa shape index (κ2) is 8.52. The third-order valence-corrected chi connectivity index (χ3v) is 5.08. The molecule has 7 nitrogen and oxygen atoms in total. The minimum Gasteiger partial charge on any atom is -0.465 e. The van der Waals surface area contributed by atoms with Crippen LogP contribution in [0.3, 0.4) is 0 Å². The van der Waals surface area contributed by atoms with Gasteiger partial charge in [0.2, 0.25) is 0 Å². The van der Waals surface area contributed by atoms with E-state index in [-0.39, 0.29) is 18.1 Å². The molecule has 3 rings (SSSR count). The Labute approximate surface area is 154 Å². The molecule has 1 aromatic heterocycles. The van der Waals surface area contributed by atoms with Crippen LogP contribution in [0.4, 0.5) is 0 Å². The second-order valence-corrected chi connectivity index (χ2v) is 7.43. The Kier molecular flexibility index (Phi) is 6.34. The van der Waals surface area contributed by atoms with Gasteiger partial charge in [0.05, 0.1) is 24.0 Å². The zero-order valence-electron chi connectivity index (χ0n) is 15.7. The number of aliphatic hydroxyl groups is 1. The summed E-state index contributed by atoms with van der Waals surface area (Å²) in [6.07, 6.45) is 3.72. The molecule has 0 unspecified atom stereocenters. The molecule has 2 fully saturated rings. The highest BCUT2D eigenvalue weighted by molar-refractivity contribution is 5.95. The molecule has 146 valence electrons. The molecule has 0 aromatic carbocycles. The zero-order valence-corrected chi connectivity index (χ0v) is 15.7. The van der Waals surface area contributed by atoms with Gasteiger partial charge in [-0.05, 0) is 26.3 Å². The van der Waals surface area contributed by atoms with Crippen molar-refractivity contribution in [3.05, 3.63) is 23.7 Å². The van der Waals surface area contributed by atoms with Crippen molar-refractivity contribution in [1.82, 2.24) is 10.2 Å². The van der Waals surface area contributed by atoms with Crippen molar-refractivity contribution in [3.63, 3.8) is 0 Å². The number of rotatable bonds is 6. The lowest BCUT2D eigenvalue weighted by Crippen LogP contribution is -2.46. The summed E-state index contributed by atoms with van der Waals surface area (Å²) in [7, 11) is 0. The fourth-order valence-electron chi connectivity index (χ4n) is 3.85. The van der Waals surface area contributed by atoms with Gasteiger partial charge in [-0.1, -0.05) is 0 Å². The first-order valence-electron chi connectivity index (χ1n) is 9.52. The molecule has 3 heterocycles. The van der Waals surface area contributed by atoms with Crippen molar-refractivity contribution in [2.45, 2.75) is 50.9 Å². The largest absolute Gasteiger partial charge is 0.465 e. The predicted molar refractivity (Wildman–Crippen MR) is 96.1 cm³/mol. The maximum absolute atomic E-state index is 12.5. The van der Waals surface area contributed by atoms with Crippen molar-refractivity contribution >= 4 is 5.91 Å². The van der Waals surface area contributed by atoms with Crippen molar-refractivity contribution in [1.29, 1.82) is 0 Å². The van der Waals surface area contributed by atoms with Crippen LogP contribution in [0.25, 0.3) is 0 Å². The van der Waals surface area contributed by atoms with Crippen LogP contribution in [0.5, 0.6) is 0 Å². The lowest BCUT2D eigenvalue weighted by molar-refractivity contribution is -0.0804. The Morgan fingerprint density at radius 2 is 2.00 bits per heavy atom. The molecule has 1 aromatic rings. The van der Waals surface area contributed by atoms with Gasteiger partial charge in [0, 0.05) is 52.2 Å². The molecule has 26 heavy (non-hydrogen) atoms. The van der Waals surface area contributed by atoms with E-state index in [0.717, 1.165) is 26.1 Å². The number of amides is 1. The van der Waals surface area contributed by atoms with E-state index in [1.54, 1.807) is 6.07 Å². The smallest absolute Gasteiger partial charge is 0.254 e. The second-order valence-electron chi connectivity index (χ2n) is 7.43. The number of furan rings is 1. The Bertz CT molecular complexity index is 587. The molecule has 0 saturated carbocycles. The van der Waals surface area contributed by atoms with E-state index in [2.05, 4.69) is 24.1 Å². The number of ether oxygens (including phenoxy) is 2. The molecule has 2 atom stereocenters. The van der Waals surface area contributed by atoms with Gasteiger partial charge in [-0.3, -0.25) is 9.69 Å². The lowest BCUT2D eigenvalue weighted by atomic mass is 9.89. The quantitative estimate of drug-likeness (QED) is 0.743. The van der Waals surface area contributed by atoms with E-state index >= 15 is 0 Å². The summed E-state index contributed by atoms with van der Waals surface area (Å²) >= 11 is 0. The van der Waals surface area contributed by atoms with Gasteiger partial charge in [-0.2, -0.15) is 0 Å². The minimum absolute atomic E-state index is 0.197. The fraction of sp³-hybridized carbons (Fsp3) is 0.737. The number of nitrogens with zero attached hydrogens (tertiary/aromatic N) is 1. The molecule has 7 heteroatoms.